The third-order valence-electron chi connectivity index (χ3n) is 19.2. The van der Waals surface area contributed by atoms with Crippen LogP contribution in [0.5, 0.6) is 0 Å². The van der Waals surface area contributed by atoms with E-state index in [2.05, 4.69) is 0 Å². The predicted octanol–water partition coefficient (Wildman–Crippen LogP) is 9.58. The van der Waals surface area contributed by atoms with Crippen molar-refractivity contribution in [1.82, 2.24) is 0 Å². The molecule has 10 aliphatic heterocycles. The Morgan fingerprint density at radius 1 is 0.517 bits per heavy atom. The second-order valence-electron chi connectivity index (χ2n) is 15.0. The van der Waals surface area contributed by atoms with Gasteiger partial charge in [-0.05, 0) is 0 Å². The van der Waals surface area contributed by atoms with E-state index in [1.54, 1.807) is 38.5 Å². The normalized spacial score (nSPS) is 77.1. The summed E-state index contributed by atoms with van der Waals surface area (Å²) in [6.45, 7) is -3.03. The average Bonchev–Trinajstić information content (AvgIpc) is 3.67. The number of hydrogen-bond donors (Lipinski definition) is 0. The SMILES string of the molecule is S=CCCCCCCC[C]12[CH]3[CH]4[CH]5[CH]1[Fe]45321678[CH]2[CH]1[CH]6[C]7(CCCCCCCC=S)[CH]28. The van der Waals surface area contributed by atoms with Crippen molar-refractivity contribution in [1.29, 1.82) is 0 Å². The van der Waals surface area contributed by atoms with Gasteiger partial charge in [-0.25, -0.2) is 0 Å². The summed E-state index contributed by atoms with van der Waals surface area (Å²) < 4.78 is 2.31. The van der Waals surface area contributed by atoms with Crippen LogP contribution in [0.4, 0.5) is 0 Å². The first kappa shape index (κ1) is 16.3. The molecule has 8 unspecified atom stereocenters. The van der Waals surface area contributed by atoms with Crippen LogP contribution in [0.1, 0.15) is 89.9 Å². The van der Waals surface area contributed by atoms with Crippen LogP contribution in [-0.2, 0) is 6.51 Å². The molecule has 0 radical (unpaired) electrons. The summed E-state index contributed by atoms with van der Waals surface area (Å²) >= 11 is 9.96. The number of unbranched alkanes of at least 4 members (excludes halogenated alkanes) is 10. The molecule has 0 nitrogen and oxygen atoms in total. The van der Waals surface area contributed by atoms with Gasteiger partial charge in [0.05, 0.1) is 0 Å². The monoisotopic (exact) mass is 470 g/mol. The van der Waals surface area contributed by atoms with E-state index in [1.165, 1.54) is 77.1 Å². The average molecular weight is 471 g/mol. The maximum absolute atomic E-state index is 4.98. The fourth-order valence-corrected chi connectivity index (χ4v) is 100. The summed E-state index contributed by atoms with van der Waals surface area (Å²) in [5.74, 6) is 0. The molecule has 10 fully saturated rings. The van der Waals surface area contributed by atoms with Gasteiger partial charge in [0.1, 0.15) is 0 Å². The Hall–Kier alpha value is 0.699. The molecule has 0 aromatic carbocycles. The van der Waals surface area contributed by atoms with Crippen LogP contribution in [0.3, 0.4) is 0 Å². The third-order valence-corrected chi connectivity index (χ3v) is 63.8. The first-order valence-corrected chi connectivity index (χ1v) is 20.3. The Morgan fingerprint density at radius 3 is 1.21 bits per heavy atom. The summed E-state index contributed by atoms with van der Waals surface area (Å²) in [5, 5.41) is 3.88. The van der Waals surface area contributed by atoms with Crippen LogP contribution in [0.2, 0.25) is 47.2 Å². The quantitative estimate of drug-likeness (QED) is 0.125. The molecular weight excluding hydrogens is 432 g/mol. The van der Waals surface area contributed by atoms with Crippen LogP contribution in [0.25, 0.3) is 0 Å². The standard InChI is InChI=1S/2C13H19S.Fe/c2*14-12-8-4-2-1-3-5-9-13-10-6-7-11-13;/h2*6-7,10-12H,1-5,8-9H2;. The molecule has 8 atom stereocenters. The van der Waals surface area contributed by atoms with Gasteiger partial charge in [-0.15, -0.1) is 0 Å². The number of fused-ring (bicyclic) bond motifs is 10. The molecular formula is C26H38FeS2. The van der Waals surface area contributed by atoms with Crippen LogP contribution in [0, 0.1) is 0 Å². The van der Waals surface area contributed by atoms with Gasteiger partial charge in [0.15, 0.2) is 0 Å². The Kier molecular flexibility index (Phi) is 1.30. The van der Waals surface area contributed by atoms with Crippen molar-refractivity contribution in [3.05, 3.63) is 0 Å². The molecule has 10 saturated heterocycles. The second kappa shape index (κ2) is 2.31. The van der Waals surface area contributed by atoms with E-state index in [-0.39, 0.29) is 0 Å². The van der Waals surface area contributed by atoms with E-state index in [4.69, 9.17) is 24.4 Å². The zero-order valence-corrected chi connectivity index (χ0v) is 20.6. The summed E-state index contributed by atoms with van der Waals surface area (Å²) in [7, 11) is 0. The molecule has 0 saturated carbocycles. The molecule has 29 heavy (non-hydrogen) atoms. The molecule has 0 amide bonds. The van der Waals surface area contributed by atoms with Crippen LogP contribution < -0.4 is 0 Å². The molecule has 162 valence electrons. The van der Waals surface area contributed by atoms with Gasteiger partial charge in [-0.3, -0.25) is 0 Å². The van der Waals surface area contributed by atoms with Gasteiger partial charge in [-0.2, -0.15) is 0 Å². The number of rotatable bonds is 16. The van der Waals surface area contributed by atoms with E-state index < -0.39 is 6.51 Å². The van der Waals surface area contributed by atoms with E-state index >= 15 is 0 Å². The summed E-state index contributed by atoms with van der Waals surface area (Å²) in [6, 6.07) is 0. The van der Waals surface area contributed by atoms with Gasteiger partial charge in [0, 0.05) is 0 Å². The van der Waals surface area contributed by atoms with E-state index in [9.17, 15) is 0 Å². The van der Waals surface area contributed by atoms with Crippen molar-refractivity contribution in [2.75, 3.05) is 0 Å². The fourth-order valence-electron chi connectivity index (χ4n) is 21.2. The van der Waals surface area contributed by atoms with Crippen molar-refractivity contribution in [2.45, 2.75) is 137 Å². The predicted molar refractivity (Wildman–Crippen MR) is 127 cm³/mol. The molecule has 0 N–H and O–H groups in total. The molecule has 0 aliphatic carbocycles. The molecule has 10 heterocycles. The van der Waals surface area contributed by atoms with Gasteiger partial charge in [-0.1, -0.05) is 0 Å². The van der Waals surface area contributed by atoms with Crippen molar-refractivity contribution in [2.24, 2.45) is 0 Å². The Labute approximate surface area is 178 Å². The zero-order valence-electron chi connectivity index (χ0n) is 17.8. The fraction of sp³-hybridized carbons (Fsp3) is 0.923. The van der Waals surface area contributed by atoms with Crippen LogP contribution in [0.15, 0.2) is 0 Å². The van der Waals surface area contributed by atoms with Gasteiger partial charge >= 0.3 is 179 Å². The van der Waals surface area contributed by atoms with Gasteiger partial charge in [0.2, 0.25) is 0 Å². The molecule has 1 spiro atoms. The van der Waals surface area contributed by atoms with Crippen LogP contribution >= 0.6 is 24.4 Å². The van der Waals surface area contributed by atoms with Crippen molar-refractivity contribution in [3.8, 4) is 0 Å². The summed E-state index contributed by atoms with van der Waals surface area (Å²) in [5.41, 5.74) is 0. The third kappa shape index (κ3) is 0.336. The van der Waals surface area contributed by atoms with E-state index in [0.717, 1.165) is 21.5 Å². The maximum atomic E-state index is 4.98. The van der Waals surface area contributed by atoms with Gasteiger partial charge in [0.25, 0.3) is 0 Å². The molecule has 0 aromatic rings. The van der Waals surface area contributed by atoms with Crippen molar-refractivity contribution in [3.63, 3.8) is 0 Å². The molecule has 10 rings (SSSR count). The molecule has 0 aromatic heterocycles. The van der Waals surface area contributed by atoms with Crippen molar-refractivity contribution >= 4 is 35.2 Å². The van der Waals surface area contributed by atoms with Crippen LogP contribution in [-0.4, -0.2) is 10.7 Å². The zero-order chi connectivity index (χ0) is 19.2. The number of hydrogen-bond acceptors (Lipinski definition) is 2. The minimum absolute atomic E-state index is 1.15. The Bertz CT molecular complexity index is 1130. The first-order chi connectivity index (χ1) is 14.1. The Balaban J connectivity index is 0.871. The minimum atomic E-state index is -3.03. The van der Waals surface area contributed by atoms with E-state index in [0.29, 0.717) is 0 Å². The molecule has 0 bridgehead atoms. The molecule has 10 aliphatic rings. The second-order valence-corrected chi connectivity index (χ2v) is 39.1. The summed E-state index contributed by atoms with van der Waals surface area (Å²) in [6.07, 6.45) is 20.7. The Morgan fingerprint density at radius 2 is 0.862 bits per heavy atom. The topological polar surface area (TPSA) is 0 Å². The van der Waals surface area contributed by atoms with E-state index in [1.807, 2.05) is 10.7 Å². The molecule has 3 heteroatoms. The number of thiocarbonyl (C=S) groups is 2. The van der Waals surface area contributed by atoms with Gasteiger partial charge < -0.3 is 0 Å². The first-order valence-electron chi connectivity index (χ1n) is 13.1. The summed E-state index contributed by atoms with van der Waals surface area (Å²) in [4.78, 5) is 12.0. The van der Waals surface area contributed by atoms with Crippen molar-refractivity contribution < 1.29 is 6.51 Å².